The second kappa shape index (κ2) is 5.46. The van der Waals surface area contributed by atoms with Crippen LogP contribution in [0.4, 0.5) is 17.3 Å². The minimum Gasteiger partial charge on any atom is -0.355 e. The van der Waals surface area contributed by atoms with Crippen molar-refractivity contribution in [3.8, 4) is 0 Å². The quantitative estimate of drug-likeness (QED) is 0.893. The Bertz CT molecular complexity index is 581. The fraction of sp³-hybridized carbons (Fsp3) is 0.333. The topological polar surface area (TPSA) is 67.1 Å². The van der Waals surface area contributed by atoms with Crippen LogP contribution in [0, 0.1) is 6.92 Å². The van der Waals surface area contributed by atoms with Gasteiger partial charge in [0.15, 0.2) is 0 Å². The zero-order valence-electron chi connectivity index (χ0n) is 11.6. The molecule has 0 spiro atoms. The summed E-state index contributed by atoms with van der Waals surface area (Å²) in [5.74, 6) is 1.74. The van der Waals surface area contributed by atoms with Gasteiger partial charge in [0, 0.05) is 30.9 Å². The Morgan fingerprint density at radius 3 is 2.75 bits per heavy atom. The van der Waals surface area contributed by atoms with Crippen molar-refractivity contribution in [3.05, 3.63) is 42.2 Å². The van der Waals surface area contributed by atoms with Crippen LogP contribution < -0.4 is 16.0 Å². The second-order valence-corrected chi connectivity index (χ2v) is 5.25. The number of benzene rings is 1. The maximum Gasteiger partial charge on any atom is 0.135 e. The Labute approximate surface area is 118 Å². The molecule has 0 aliphatic carbocycles. The van der Waals surface area contributed by atoms with E-state index >= 15 is 0 Å². The first kappa shape index (κ1) is 12.9. The molecule has 1 saturated heterocycles. The van der Waals surface area contributed by atoms with Crippen molar-refractivity contribution >= 4 is 17.3 Å². The van der Waals surface area contributed by atoms with E-state index in [0.717, 1.165) is 36.8 Å². The van der Waals surface area contributed by atoms with Gasteiger partial charge in [0.1, 0.15) is 18.0 Å². The third kappa shape index (κ3) is 2.88. The molecule has 1 aromatic heterocycles. The van der Waals surface area contributed by atoms with Crippen molar-refractivity contribution in [1.82, 2.24) is 9.97 Å². The number of aryl methyl sites for hydroxylation is 1. The Morgan fingerprint density at radius 1 is 1.25 bits per heavy atom. The molecule has 1 fully saturated rings. The number of hydrogen-bond donors (Lipinski definition) is 2. The minimum atomic E-state index is 0.249. The van der Waals surface area contributed by atoms with Crippen molar-refractivity contribution in [3.63, 3.8) is 0 Å². The number of aromatic nitrogens is 2. The third-order valence-electron chi connectivity index (χ3n) is 3.53. The van der Waals surface area contributed by atoms with Gasteiger partial charge in [0.05, 0.1) is 0 Å². The highest BCUT2D eigenvalue weighted by atomic mass is 15.2. The predicted octanol–water partition coefficient (Wildman–Crippen LogP) is 2.07. The first-order valence-electron chi connectivity index (χ1n) is 6.87. The summed E-state index contributed by atoms with van der Waals surface area (Å²) in [5, 5.41) is 3.30. The van der Waals surface area contributed by atoms with Gasteiger partial charge in [0.2, 0.25) is 0 Å². The van der Waals surface area contributed by atoms with Crippen LogP contribution in [0.3, 0.4) is 0 Å². The van der Waals surface area contributed by atoms with E-state index in [4.69, 9.17) is 5.73 Å². The molecule has 5 nitrogen and oxygen atoms in total. The van der Waals surface area contributed by atoms with Crippen molar-refractivity contribution in [2.45, 2.75) is 19.4 Å². The standard InChI is InChI=1S/C15H19N5/c1-11-2-4-13(5-3-11)19-14-8-15(18-10-17-14)20-7-6-12(16)9-20/h2-5,8,10,12H,6-7,9,16H2,1H3,(H,17,18,19). The van der Waals surface area contributed by atoms with Crippen molar-refractivity contribution < 1.29 is 0 Å². The normalized spacial score (nSPS) is 18.3. The van der Waals surface area contributed by atoms with Gasteiger partial charge in [-0.05, 0) is 25.5 Å². The van der Waals surface area contributed by atoms with Gasteiger partial charge in [0.25, 0.3) is 0 Å². The summed E-state index contributed by atoms with van der Waals surface area (Å²) >= 11 is 0. The summed E-state index contributed by atoms with van der Waals surface area (Å²) in [5.41, 5.74) is 8.20. The zero-order valence-corrected chi connectivity index (χ0v) is 11.6. The van der Waals surface area contributed by atoms with E-state index in [9.17, 15) is 0 Å². The van der Waals surface area contributed by atoms with Crippen LogP contribution in [0.5, 0.6) is 0 Å². The van der Waals surface area contributed by atoms with Gasteiger partial charge in [-0.15, -0.1) is 0 Å². The number of hydrogen-bond acceptors (Lipinski definition) is 5. The number of rotatable bonds is 3. The lowest BCUT2D eigenvalue weighted by atomic mass is 10.2. The van der Waals surface area contributed by atoms with Crippen molar-refractivity contribution in [2.75, 3.05) is 23.3 Å². The lowest BCUT2D eigenvalue weighted by molar-refractivity contribution is 0.751. The van der Waals surface area contributed by atoms with Gasteiger partial charge in [-0.2, -0.15) is 0 Å². The average Bonchev–Trinajstić information content (AvgIpc) is 2.89. The summed E-state index contributed by atoms with van der Waals surface area (Å²) in [6.07, 6.45) is 2.61. The zero-order chi connectivity index (χ0) is 13.9. The molecule has 0 radical (unpaired) electrons. The Morgan fingerprint density at radius 2 is 2.05 bits per heavy atom. The van der Waals surface area contributed by atoms with E-state index < -0.39 is 0 Å². The summed E-state index contributed by atoms with van der Waals surface area (Å²) < 4.78 is 0. The molecule has 0 saturated carbocycles. The summed E-state index contributed by atoms with van der Waals surface area (Å²) in [6.45, 7) is 3.90. The van der Waals surface area contributed by atoms with Crippen LogP contribution in [-0.2, 0) is 0 Å². The van der Waals surface area contributed by atoms with E-state index in [-0.39, 0.29) is 6.04 Å². The summed E-state index contributed by atoms with van der Waals surface area (Å²) in [6, 6.07) is 10.5. The first-order chi connectivity index (χ1) is 9.70. The van der Waals surface area contributed by atoms with Gasteiger partial charge in [-0.3, -0.25) is 0 Å². The average molecular weight is 269 g/mol. The fourth-order valence-electron chi connectivity index (χ4n) is 2.37. The lowest BCUT2D eigenvalue weighted by Gasteiger charge is -2.17. The number of nitrogens with zero attached hydrogens (tertiary/aromatic N) is 3. The van der Waals surface area contributed by atoms with Crippen LogP contribution in [-0.4, -0.2) is 29.1 Å². The Hall–Kier alpha value is -2.14. The molecule has 1 aromatic carbocycles. The van der Waals surface area contributed by atoms with Crippen LogP contribution in [0.15, 0.2) is 36.7 Å². The number of anilines is 3. The molecule has 0 bridgehead atoms. The molecular weight excluding hydrogens is 250 g/mol. The van der Waals surface area contributed by atoms with E-state index in [2.05, 4.69) is 39.2 Å². The maximum atomic E-state index is 5.94. The SMILES string of the molecule is Cc1ccc(Nc2cc(N3CCC(N)C3)ncn2)cc1. The molecule has 5 heteroatoms. The van der Waals surface area contributed by atoms with E-state index in [1.165, 1.54) is 5.56 Å². The van der Waals surface area contributed by atoms with Crippen molar-refractivity contribution in [2.24, 2.45) is 5.73 Å². The highest BCUT2D eigenvalue weighted by Gasteiger charge is 2.20. The molecule has 2 aromatic rings. The third-order valence-corrected chi connectivity index (χ3v) is 3.53. The fourth-order valence-corrected chi connectivity index (χ4v) is 2.37. The molecule has 20 heavy (non-hydrogen) atoms. The summed E-state index contributed by atoms with van der Waals surface area (Å²) in [4.78, 5) is 10.8. The van der Waals surface area contributed by atoms with Crippen LogP contribution in [0.1, 0.15) is 12.0 Å². The van der Waals surface area contributed by atoms with Gasteiger partial charge < -0.3 is 16.0 Å². The molecular formula is C15H19N5. The van der Waals surface area contributed by atoms with Gasteiger partial charge in [-0.1, -0.05) is 17.7 Å². The predicted molar refractivity (Wildman–Crippen MR) is 81.3 cm³/mol. The number of nitrogens with two attached hydrogens (primary N) is 1. The largest absolute Gasteiger partial charge is 0.355 e. The van der Waals surface area contributed by atoms with Gasteiger partial charge in [-0.25, -0.2) is 9.97 Å². The van der Waals surface area contributed by atoms with Crippen LogP contribution in [0.2, 0.25) is 0 Å². The van der Waals surface area contributed by atoms with E-state index in [1.807, 2.05) is 18.2 Å². The maximum absolute atomic E-state index is 5.94. The molecule has 1 aliphatic heterocycles. The monoisotopic (exact) mass is 269 g/mol. The second-order valence-electron chi connectivity index (χ2n) is 5.25. The molecule has 104 valence electrons. The molecule has 1 aliphatic rings. The highest BCUT2D eigenvalue weighted by molar-refractivity contribution is 5.59. The van der Waals surface area contributed by atoms with Crippen LogP contribution >= 0.6 is 0 Å². The molecule has 2 heterocycles. The Balaban J connectivity index is 1.75. The first-order valence-corrected chi connectivity index (χ1v) is 6.87. The minimum absolute atomic E-state index is 0.249. The lowest BCUT2D eigenvalue weighted by Crippen LogP contribution is -2.26. The Kier molecular flexibility index (Phi) is 3.52. The number of nitrogens with one attached hydrogen (secondary N) is 1. The molecule has 0 amide bonds. The molecule has 1 atom stereocenters. The molecule has 3 rings (SSSR count). The smallest absolute Gasteiger partial charge is 0.135 e. The summed E-state index contributed by atoms with van der Waals surface area (Å²) in [7, 11) is 0. The highest BCUT2D eigenvalue weighted by Crippen LogP contribution is 2.21. The molecule has 3 N–H and O–H groups in total. The molecule has 1 unspecified atom stereocenters. The van der Waals surface area contributed by atoms with E-state index in [0.29, 0.717) is 0 Å². The van der Waals surface area contributed by atoms with Gasteiger partial charge >= 0.3 is 0 Å². The van der Waals surface area contributed by atoms with Crippen molar-refractivity contribution in [1.29, 1.82) is 0 Å². The van der Waals surface area contributed by atoms with E-state index in [1.54, 1.807) is 6.33 Å². The van der Waals surface area contributed by atoms with Crippen LogP contribution in [0.25, 0.3) is 0 Å².